The number of nitrogens with zero attached hydrogens (tertiary/aromatic N) is 1. The number of hydrogen-bond donors (Lipinski definition) is 1. The topological polar surface area (TPSA) is 69.9 Å². The van der Waals surface area contributed by atoms with Gasteiger partial charge in [0.15, 0.2) is 17.3 Å². The van der Waals surface area contributed by atoms with Crippen molar-refractivity contribution < 1.29 is 24.1 Å². The molecule has 6 heteroatoms. The summed E-state index contributed by atoms with van der Waals surface area (Å²) in [5.41, 5.74) is 1.48. The van der Waals surface area contributed by atoms with E-state index in [9.17, 15) is 9.90 Å². The van der Waals surface area contributed by atoms with Crippen LogP contribution in [0, 0.1) is 0 Å². The van der Waals surface area contributed by atoms with Gasteiger partial charge in [-0.2, -0.15) is 0 Å². The number of phenols is 1. The molecule has 0 aliphatic carbocycles. The molecule has 0 aliphatic rings. The SMILES string of the molecule is COc1cc(C(=O)c2ccn(-c3ccccc3O)c2)cc(OC)c1OC. The van der Waals surface area contributed by atoms with Crippen LogP contribution in [0.3, 0.4) is 0 Å². The van der Waals surface area contributed by atoms with E-state index in [0.29, 0.717) is 34.1 Å². The molecule has 3 rings (SSSR count). The summed E-state index contributed by atoms with van der Waals surface area (Å²) in [7, 11) is 4.51. The molecule has 0 atom stereocenters. The fraction of sp³-hybridized carbons (Fsp3) is 0.150. The van der Waals surface area contributed by atoms with E-state index in [4.69, 9.17) is 14.2 Å². The molecular formula is C20H19NO5. The Hall–Kier alpha value is -3.41. The van der Waals surface area contributed by atoms with Crippen LogP contribution in [0.2, 0.25) is 0 Å². The van der Waals surface area contributed by atoms with Crippen molar-refractivity contribution >= 4 is 5.78 Å². The molecule has 0 aliphatic heterocycles. The van der Waals surface area contributed by atoms with Crippen LogP contribution in [0.4, 0.5) is 0 Å². The molecule has 1 N–H and O–H groups in total. The van der Waals surface area contributed by atoms with Crippen LogP contribution < -0.4 is 14.2 Å². The number of aromatic hydroxyl groups is 1. The van der Waals surface area contributed by atoms with E-state index >= 15 is 0 Å². The molecule has 0 bridgehead atoms. The summed E-state index contributed by atoms with van der Waals surface area (Å²) in [4.78, 5) is 12.9. The van der Waals surface area contributed by atoms with Crippen LogP contribution in [0.1, 0.15) is 15.9 Å². The van der Waals surface area contributed by atoms with E-state index in [0.717, 1.165) is 0 Å². The summed E-state index contributed by atoms with van der Waals surface area (Å²) in [6, 6.07) is 11.8. The summed E-state index contributed by atoms with van der Waals surface area (Å²) < 4.78 is 17.6. The number of aromatic nitrogens is 1. The van der Waals surface area contributed by atoms with Gasteiger partial charge in [0.1, 0.15) is 5.75 Å². The largest absolute Gasteiger partial charge is 0.506 e. The van der Waals surface area contributed by atoms with Crippen molar-refractivity contribution in [2.45, 2.75) is 0 Å². The smallest absolute Gasteiger partial charge is 0.203 e. The van der Waals surface area contributed by atoms with Crippen LogP contribution >= 0.6 is 0 Å². The molecule has 2 aromatic carbocycles. The van der Waals surface area contributed by atoms with Crippen molar-refractivity contribution in [1.29, 1.82) is 0 Å². The minimum absolute atomic E-state index is 0.134. The molecule has 0 radical (unpaired) electrons. The summed E-state index contributed by atoms with van der Waals surface area (Å²) in [6.07, 6.45) is 3.39. The quantitative estimate of drug-likeness (QED) is 0.688. The predicted molar refractivity (Wildman–Crippen MR) is 97.0 cm³/mol. The second kappa shape index (κ2) is 7.23. The van der Waals surface area contributed by atoms with Crippen LogP contribution in [-0.2, 0) is 0 Å². The van der Waals surface area contributed by atoms with Crippen LogP contribution in [0.25, 0.3) is 5.69 Å². The third-order valence-electron chi connectivity index (χ3n) is 4.04. The monoisotopic (exact) mass is 353 g/mol. The molecule has 26 heavy (non-hydrogen) atoms. The Kier molecular flexibility index (Phi) is 4.84. The maximum Gasteiger partial charge on any atom is 0.203 e. The number of hydrogen-bond acceptors (Lipinski definition) is 5. The summed E-state index contributed by atoms with van der Waals surface area (Å²) >= 11 is 0. The molecule has 0 amide bonds. The van der Waals surface area contributed by atoms with Gasteiger partial charge in [-0.15, -0.1) is 0 Å². The first-order chi connectivity index (χ1) is 12.6. The standard InChI is InChI=1S/C20H19NO5/c1-24-17-10-14(11-18(25-2)20(17)26-3)19(23)13-8-9-21(12-13)15-6-4-5-7-16(15)22/h4-12,22H,1-3H3. The first-order valence-corrected chi connectivity index (χ1v) is 7.90. The first kappa shape index (κ1) is 17.4. The fourth-order valence-corrected chi connectivity index (χ4v) is 2.74. The average Bonchev–Trinajstić information content (AvgIpc) is 3.16. The molecule has 0 unspecified atom stereocenters. The summed E-state index contributed by atoms with van der Waals surface area (Å²) in [5, 5.41) is 9.97. The molecule has 0 saturated heterocycles. The van der Waals surface area contributed by atoms with Gasteiger partial charge in [-0.3, -0.25) is 4.79 Å². The molecule has 0 saturated carbocycles. The van der Waals surface area contributed by atoms with Crippen LogP contribution in [0.15, 0.2) is 54.9 Å². The highest BCUT2D eigenvalue weighted by Crippen LogP contribution is 2.38. The van der Waals surface area contributed by atoms with E-state index in [2.05, 4.69) is 0 Å². The van der Waals surface area contributed by atoms with Gasteiger partial charge in [0.25, 0.3) is 0 Å². The molecule has 1 aromatic heterocycles. The zero-order valence-corrected chi connectivity index (χ0v) is 14.7. The summed E-state index contributed by atoms with van der Waals surface area (Å²) in [5.74, 6) is 1.19. The van der Waals surface area contributed by atoms with Gasteiger partial charge in [-0.25, -0.2) is 0 Å². The number of ketones is 1. The minimum Gasteiger partial charge on any atom is -0.506 e. The lowest BCUT2D eigenvalue weighted by atomic mass is 10.0. The highest BCUT2D eigenvalue weighted by Gasteiger charge is 2.19. The van der Waals surface area contributed by atoms with Gasteiger partial charge in [0, 0.05) is 23.5 Å². The highest BCUT2D eigenvalue weighted by atomic mass is 16.5. The number of methoxy groups -OCH3 is 3. The van der Waals surface area contributed by atoms with Crippen molar-refractivity contribution in [3.63, 3.8) is 0 Å². The molecule has 6 nitrogen and oxygen atoms in total. The maximum absolute atomic E-state index is 12.9. The third-order valence-corrected chi connectivity index (χ3v) is 4.04. The molecule has 3 aromatic rings. The second-order valence-electron chi connectivity index (χ2n) is 5.54. The molecule has 0 spiro atoms. The Morgan fingerprint density at radius 1 is 0.923 bits per heavy atom. The zero-order valence-electron chi connectivity index (χ0n) is 14.7. The second-order valence-corrected chi connectivity index (χ2v) is 5.54. The summed E-state index contributed by atoms with van der Waals surface area (Å²) in [6.45, 7) is 0. The first-order valence-electron chi connectivity index (χ1n) is 7.90. The predicted octanol–water partition coefficient (Wildman–Crippen LogP) is 3.44. The molecular weight excluding hydrogens is 334 g/mol. The Labute approximate surface area is 151 Å². The van der Waals surface area contributed by atoms with E-state index < -0.39 is 0 Å². The van der Waals surface area contributed by atoms with Gasteiger partial charge in [0.05, 0.1) is 27.0 Å². The van der Waals surface area contributed by atoms with Gasteiger partial charge in [-0.1, -0.05) is 12.1 Å². The maximum atomic E-state index is 12.9. The van der Waals surface area contributed by atoms with Gasteiger partial charge < -0.3 is 23.9 Å². The van der Waals surface area contributed by atoms with Gasteiger partial charge >= 0.3 is 0 Å². The number of benzene rings is 2. The van der Waals surface area contributed by atoms with Crippen LogP contribution in [-0.4, -0.2) is 36.8 Å². The van der Waals surface area contributed by atoms with Crippen molar-refractivity contribution in [1.82, 2.24) is 4.57 Å². The average molecular weight is 353 g/mol. The van der Waals surface area contributed by atoms with Crippen molar-refractivity contribution in [2.24, 2.45) is 0 Å². The highest BCUT2D eigenvalue weighted by molar-refractivity contribution is 6.09. The molecule has 1 heterocycles. The van der Waals surface area contributed by atoms with Crippen molar-refractivity contribution in [2.75, 3.05) is 21.3 Å². The number of ether oxygens (including phenoxy) is 3. The minimum atomic E-state index is -0.196. The Balaban J connectivity index is 1.99. The number of carbonyl (C=O) groups is 1. The number of phenolic OH excluding ortho intramolecular Hbond substituents is 1. The number of rotatable bonds is 6. The van der Waals surface area contributed by atoms with E-state index in [-0.39, 0.29) is 11.5 Å². The van der Waals surface area contributed by atoms with Gasteiger partial charge in [0.2, 0.25) is 5.75 Å². The zero-order chi connectivity index (χ0) is 18.7. The number of para-hydroxylation sites is 2. The van der Waals surface area contributed by atoms with Crippen LogP contribution in [0.5, 0.6) is 23.0 Å². The van der Waals surface area contributed by atoms with Gasteiger partial charge in [-0.05, 0) is 30.3 Å². The van der Waals surface area contributed by atoms with Crippen molar-refractivity contribution in [3.05, 3.63) is 66.0 Å². The van der Waals surface area contributed by atoms with E-state index in [1.165, 1.54) is 21.3 Å². The Morgan fingerprint density at radius 2 is 1.58 bits per heavy atom. The van der Waals surface area contributed by atoms with Crippen molar-refractivity contribution in [3.8, 4) is 28.7 Å². The van der Waals surface area contributed by atoms with E-state index in [1.54, 1.807) is 53.4 Å². The normalized spacial score (nSPS) is 10.4. The van der Waals surface area contributed by atoms with E-state index in [1.807, 2.05) is 6.07 Å². The fourth-order valence-electron chi connectivity index (χ4n) is 2.74. The Morgan fingerprint density at radius 3 is 2.15 bits per heavy atom. The Bertz CT molecular complexity index is 920. The lowest BCUT2D eigenvalue weighted by molar-refractivity contribution is 0.103. The molecule has 0 fully saturated rings. The lowest BCUT2D eigenvalue weighted by Crippen LogP contribution is -2.03. The molecule has 134 valence electrons. The number of carbonyl (C=O) groups excluding carboxylic acids is 1. The third kappa shape index (κ3) is 3.09. The lowest BCUT2D eigenvalue weighted by Gasteiger charge is -2.13.